The van der Waals surface area contributed by atoms with Crippen molar-refractivity contribution in [3.63, 3.8) is 0 Å². The van der Waals surface area contributed by atoms with Gasteiger partial charge in [-0.25, -0.2) is 4.79 Å². The molecule has 0 fully saturated rings. The standard InChI is InChI=1S/C25H23ClN2O5/c1-3-33-25(30)22-14(2)27-20-12-17(15-4-8-18(26)9-5-15)13-21(29)24(20)23(22)16-6-10-19(11-7-16)28(31)32/h4-11,17,23,27H,3,12-13H2,1-2H3. The number of ether oxygens (including phenoxy) is 1. The van der Waals surface area contributed by atoms with Crippen LogP contribution in [0.5, 0.6) is 0 Å². The number of non-ortho nitro benzene ring substituents is 1. The molecular weight excluding hydrogens is 444 g/mol. The van der Waals surface area contributed by atoms with Crippen LogP contribution in [0.2, 0.25) is 5.02 Å². The average molecular weight is 467 g/mol. The Morgan fingerprint density at radius 2 is 1.76 bits per heavy atom. The van der Waals surface area contributed by atoms with Crippen molar-refractivity contribution in [3.05, 3.63) is 97.3 Å². The Morgan fingerprint density at radius 1 is 1.12 bits per heavy atom. The Balaban J connectivity index is 1.79. The molecule has 1 N–H and O–H groups in total. The van der Waals surface area contributed by atoms with Crippen LogP contribution >= 0.6 is 11.6 Å². The highest BCUT2D eigenvalue weighted by Crippen LogP contribution is 2.46. The summed E-state index contributed by atoms with van der Waals surface area (Å²) in [5.74, 6) is -1.25. The van der Waals surface area contributed by atoms with Gasteiger partial charge in [-0.1, -0.05) is 35.9 Å². The molecule has 1 heterocycles. The smallest absolute Gasteiger partial charge is 0.336 e. The fraction of sp³-hybridized carbons (Fsp3) is 0.280. The molecule has 0 saturated carbocycles. The van der Waals surface area contributed by atoms with Gasteiger partial charge in [-0.3, -0.25) is 14.9 Å². The van der Waals surface area contributed by atoms with Crippen LogP contribution in [-0.4, -0.2) is 23.3 Å². The van der Waals surface area contributed by atoms with Crippen LogP contribution in [0.15, 0.2) is 71.1 Å². The molecular formula is C25H23ClN2O5. The minimum atomic E-state index is -0.653. The van der Waals surface area contributed by atoms with Gasteiger partial charge in [0.05, 0.1) is 17.1 Å². The van der Waals surface area contributed by atoms with E-state index in [0.717, 1.165) is 11.3 Å². The molecule has 170 valence electrons. The van der Waals surface area contributed by atoms with Gasteiger partial charge in [0.2, 0.25) is 0 Å². The molecule has 0 saturated heterocycles. The van der Waals surface area contributed by atoms with Gasteiger partial charge in [-0.2, -0.15) is 0 Å². The number of esters is 1. The maximum Gasteiger partial charge on any atom is 0.336 e. The van der Waals surface area contributed by atoms with Crippen LogP contribution in [0.1, 0.15) is 49.7 Å². The number of nitrogens with one attached hydrogen (secondary N) is 1. The van der Waals surface area contributed by atoms with Crippen LogP contribution in [0.25, 0.3) is 0 Å². The lowest BCUT2D eigenvalue weighted by Gasteiger charge is -2.36. The number of allylic oxidation sites excluding steroid dienone is 3. The van der Waals surface area contributed by atoms with Crippen LogP contribution in [-0.2, 0) is 14.3 Å². The first-order valence-electron chi connectivity index (χ1n) is 10.7. The van der Waals surface area contributed by atoms with E-state index in [1.54, 1.807) is 26.0 Å². The third kappa shape index (κ3) is 4.41. The molecule has 2 aromatic rings. The van der Waals surface area contributed by atoms with E-state index in [1.165, 1.54) is 12.1 Å². The zero-order valence-corrected chi connectivity index (χ0v) is 19.0. The summed E-state index contributed by atoms with van der Waals surface area (Å²) < 4.78 is 5.29. The van der Waals surface area contributed by atoms with E-state index in [2.05, 4.69) is 5.32 Å². The second-order valence-corrected chi connectivity index (χ2v) is 8.57. The number of hydrogen-bond donors (Lipinski definition) is 1. The fourth-order valence-electron chi connectivity index (χ4n) is 4.61. The maximum atomic E-state index is 13.5. The summed E-state index contributed by atoms with van der Waals surface area (Å²) in [5.41, 5.74) is 3.84. The monoisotopic (exact) mass is 466 g/mol. The molecule has 0 spiro atoms. The SMILES string of the molecule is CCOC(=O)C1=C(C)NC2=C(C(=O)CC(c3ccc(Cl)cc3)C2)C1c1ccc([N+](=O)[O-])cc1. The molecule has 0 amide bonds. The number of halogens is 1. The molecule has 8 heteroatoms. The number of Topliss-reactive ketones (excluding diaryl/α,β-unsaturated/α-hetero) is 1. The third-order valence-electron chi connectivity index (χ3n) is 6.10. The average Bonchev–Trinajstić information content (AvgIpc) is 2.78. The van der Waals surface area contributed by atoms with Crippen LogP contribution < -0.4 is 5.32 Å². The third-order valence-corrected chi connectivity index (χ3v) is 6.35. The number of hydrogen-bond acceptors (Lipinski definition) is 6. The summed E-state index contributed by atoms with van der Waals surface area (Å²) in [7, 11) is 0. The van der Waals surface area contributed by atoms with Gasteiger partial charge in [-0.05, 0) is 49.4 Å². The van der Waals surface area contributed by atoms with Crippen LogP contribution in [0.4, 0.5) is 5.69 Å². The van der Waals surface area contributed by atoms with Crippen molar-refractivity contribution in [3.8, 4) is 0 Å². The molecule has 2 aromatic carbocycles. The lowest BCUT2D eigenvalue weighted by atomic mass is 9.71. The van der Waals surface area contributed by atoms with E-state index in [-0.39, 0.29) is 24.0 Å². The number of ketones is 1. The van der Waals surface area contributed by atoms with E-state index in [4.69, 9.17) is 16.3 Å². The van der Waals surface area contributed by atoms with E-state index in [9.17, 15) is 19.7 Å². The molecule has 0 bridgehead atoms. The summed E-state index contributed by atoms with van der Waals surface area (Å²) in [5, 5.41) is 15.0. The molecule has 1 aliphatic carbocycles. The zero-order valence-electron chi connectivity index (χ0n) is 18.3. The van der Waals surface area contributed by atoms with Crippen LogP contribution in [0, 0.1) is 10.1 Å². The Bertz CT molecular complexity index is 1180. The Kier molecular flexibility index (Phi) is 6.33. The lowest BCUT2D eigenvalue weighted by Crippen LogP contribution is -2.36. The minimum Gasteiger partial charge on any atom is -0.463 e. The number of carbonyl (C=O) groups excluding carboxylic acids is 2. The van der Waals surface area contributed by atoms with E-state index in [0.29, 0.717) is 40.3 Å². The molecule has 1 aliphatic heterocycles. The van der Waals surface area contributed by atoms with Gasteiger partial charge < -0.3 is 10.1 Å². The summed E-state index contributed by atoms with van der Waals surface area (Å²) in [6, 6.07) is 13.4. The predicted molar refractivity (Wildman–Crippen MR) is 124 cm³/mol. The van der Waals surface area contributed by atoms with E-state index in [1.807, 2.05) is 24.3 Å². The van der Waals surface area contributed by atoms with Gasteiger partial charge in [0.1, 0.15) is 0 Å². The summed E-state index contributed by atoms with van der Waals surface area (Å²) in [4.78, 5) is 37.0. The minimum absolute atomic E-state index is 0.0181. The molecule has 2 atom stereocenters. The Hall–Kier alpha value is -3.45. The number of nitro benzene ring substituents is 1. The van der Waals surface area contributed by atoms with Crippen LogP contribution in [0.3, 0.4) is 0 Å². The first-order valence-corrected chi connectivity index (χ1v) is 11.1. The molecule has 0 radical (unpaired) electrons. The predicted octanol–water partition coefficient (Wildman–Crippen LogP) is 5.17. The molecule has 33 heavy (non-hydrogen) atoms. The topological polar surface area (TPSA) is 98.5 Å². The molecule has 2 unspecified atom stereocenters. The highest BCUT2D eigenvalue weighted by atomic mass is 35.5. The highest BCUT2D eigenvalue weighted by Gasteiger charge is 2.41. The molecule has 4 rings (SSSR count). The summed E-state index contributed by atoms with van der Waals surface area (Å²) in [6.45, 7) is 3.70. The number of nitro groups is 1. The van der Waals surface area contributed by atoms with Crippen molar-refractivity contribution < 1.29 is 19.2 Å². The van der Waals surface area contributed by atoms with Crippen molar-refractivity contribution >= 4 is 29.0 Å². The quantitative estimate of drug-likeness (QED) is 0.370. The van der Waals surface area contributed by atoms with Gasteiger partial charge in [0.15, 0.2) is 5.78 Å². The van der Waals surface area contributed by atoms with Gasteiger partial charge in [0.25, 0.3) is 5.69 Å². The summed E-state index contributed by atoms with van der Waals surface area (Å²) >= 11 is 6.02. The zero-order chi connectivity index (χ0) is 23.7. The van der Waals surface area contributed by atoms with Crippen molar-refractivity contribution in [2.45, 2.75) is 38.5 Å². The van der Waals surface area contributed by atoms with Crippen molar-refractivity contribution in [2.75, 3.05) is 6.61 Å². The first-order chi connectivity index (χ1) is 15.8. The Labute approximate surface area is 196 Å². The molecule has 0 aromatic heterocycles. The van der Waals surface area contributed by atoms with Gasteiger partial charge >= 0.3 is 5.97 Å². The maximum absolute atomic E-state index is 13.5. The van der Waals surface area contributed by atoms with Gasteiger partial charge in [0, 0.05) is 46.5 Å². The van der Waals surface area contributed by atoms with Crippen molar-refractivity contribution in [2.24, 2.45) is 0 Å². The van der Waals surface area contributed by atoms with E-state index < -0.39 is 16.8 Å². The highest BCUT2D eigenvalue weighted by molar-refractivity contribution is 6.30. The normalized spacial score (nSPS) is 20.3. The number of nitrogens with zero attached hydrogens (tertiary/aromatic N) is 1. The van der Waals surface area contributed by atoms with Gasteiger partial charge in [-0.15, -0.1) is 0 Å². The molecule has 7 nitrogen and oxygen atoms in total. The second-order valence-electron chi connectivity index (χ2n) is 8.14. The molecule has 2 aliphatic rings. The lowest BCUT2D eigenvalue weighted by molar-refractivity contribution is -0.384. The number of rotatable bonds is 5. The second kappa shape index (κ2) is 9.19. The van der Waals surface area contributed by atoms with Crippen molar-refractivity contribution in [1.82, 2.24) is 5.32 Å². The number of benzene rings is 2. The van der Waals surface area contributed by atoms with Crippen molar-refractivity contribution in [1.29, 1.82) is 0 Å². The largest absolute Gasteiger partial charge is 0.463 e. The number of dihydropyridines is 1. The summed E-state index contributed by atoms with van der Waals surface area (Å²) in [6.07, 6.45) is 0.889. The Morgan fingerprint density at radius 3 is 2.36 bits per heavy atom. The number of carbonyl (C=O) groups is 2. The fourth-order valence-corrected chi connectivity index (χ4v) is 4.74. The van der Waals surface area contributed by atoms with E-state index >= 15 is 0 Å². The first kappa shape index (κ1) is 22.7.